The number of carbonyl (C=O) groups excluding carboxylic acids is 2. The number of hydrogen-bond donors (Lipinski definition) is 1. The van der Waals surface area contributed by atoms with Gasteiger partial charge in [0.15, 0.2) is 6.10 Å². The molecule has 0 spiro atoms. The SMILES string of the molecule is CC[C@@H](Oc1ccc(C)c(C)c1)C(=O)Nc1ccc(N2CCCC2=O)cc1. The first-order chi connectivity index (χ1) is 13.0. The van der Waals surface area contributed by atoms with Crippen LogP contribution in [0, 0.1) is 13.8 Å². The van der Waals surface area contributed by atoms with Crippen LogP contribution in [0.1, 0.15) is 37.3 Å². The van der Waals surface area contributed by atoms with Crippen molar-refractivity contribution in [2.45, 2.75) is 46.1 Å². The van der Waals surface area contributed by atoms with Crippen molar-refractivity contribution >= 4 is 23.2 Å². The van der Waals surface area contributed by atoms with Gasteiger partial charge < -0.3 is 15.0 Å². The third kappa shape index (κ3) is 4.48. The van der Waals surface area contributed by atoms with Crippen LogP contribution in [0.5, 0.6) is 5.75 Å². The van der Waals surface area contributed by atoms with Gasteiger partial charge in [0.2, 0.25) is 5.91 Å². The summed E-state index contributed by atoms with van der Waals surface area (Å²) < 4.78 is 5.89. The molecule has 1 N–H and O–H groups in total. The molecule has 0 unspecified atom stereocenters. The van der Waals surface area contributed by atoms with Gasteiger partial charge in [-0.1, -0.05) is 13.0 Å². The highest BCUT2D eigenvalue weighted by atomic mass is 16.5. The molecule has 1 aliphatic heterocycles. The highest BCUT2D eigenvalue weighted by Gasteiger charge is 2.22. The molecule has 1 fully saturated rings. The molecular formula is C22H26N2O3. The molecule has 1 aliphatic rings. The summed E-state index contributed by atoms with van der Waals surface area (Å²) in [5.41, 5.74) is 3.89. The molecule has 142 valence electrons. The van der Waals surface area contributed by atoms with Crippen molar-refractivity contribution in [1.29, 1.82) is 0 Å². The Morgan fingerprint density at radius 2 is 1.89 bits per heavy atom. The first kappa shape index (κ1) is 19.0. The van der Waals surface area contributed by atoms with Gasteiger partial charge in [0.25, 0.3) is 5.91 Å². The van der Waals surface area contributed by atoms with Gasteiger partial charge in [0.1, 0.15) is 5.75 Å². The van der Waals surface area contributed by atoms with Gasteiger partial charge in [-0.25, -0.2) is 0 Å². The number of nitrogens with one attached hydrogen (secondary N) is 1. The van der Waals surface area contributed by atoms with E-state index >= 15 is 0 Å². The second-order valence-corrected chi connectivity index (χ2v) is 6.95. The summed E-state index contributed by atoms with van der Waals surface area (Å²) in [4.78, 5) is 26.2. The number of amides is 2. The number of rotatable bonds is 6. The third-order valence-electron chi connectivity index (χ3n) is 4.94. The number of benzene rings is 2. The van der Waals surface area contributed by atoms with E-state index in [2.05, 4.69) is 5.32 Å². The van der Waals surface area contributed by atoms with E-state index in [4.69, 9.17) is 4.74 Å². The Morgan fingerprint density at radius 1 is 1.15 bits per heavy atom. The molecule has 27 heavy (non-hydrogen) atoms. The molecule has 2 aromatic rings. The maximum absolute atomic E-state index is 12.6. The number of hydrogen-bond acceptors (Lipinski definition) is 3. The van der Waals surface area contributed by atoms with E-state index < -0.39 is 6.10 Å². The average Bonchev–Trinajstić information content (AvgIpc) is 3.09. The maximum Gasteiger partial charge on any atom is 0.265 e. The summed E-state index contributed by atoms with van der Waals surface area (Å²) in [7, 11) is 0. The molecule has 1 atom stereocenters. The standard InChI is InChI=1S/C22H26N2O3/c1-4-20(27-19-12-7-15(2)16(3)14-19)22(26)23-17-8-10-18(11-9-17)24-13-5-6-21(24)25/h7-12,14,20H,4-6,13H2,1-3H3,(H,23,26)/t20-/m1/s1. The monoisotopic (exact) mass is 366 g/mol. The summed E-state index contributed by atoms with van der Waals surface area (Å²) in [6.45, 7) is 6.75. The Hall–Kier alpha value is -2.82. The van der Waals surface area contributed by atoms with Crippen LogP contribution in [0.4, 0.5) is 11.4 Å². The van der Waals surface area contributed by atoms with Crippen molar-refractivity contribution < 1.29 is 14.3 Å². The molecule has 5 heteroatoms. The van der Waals surface area contributed by atoms with E-state index in [1.165, 1.54) is 5.56 Å². The van der Waals surface area contributed by atoms with Crippen LogP contribution in [0.2, 0.25) is 0 Å². The highest BCUT2D eigenvalue weighted by molar-refractivity contribution is 5.97. The van der Waals surface area contributed by atoms with E-state index in [9.17, 15) is 9.59 Å². The first-order valence-corrected chi connectivity index (χ1v) is 9.43. The van der Waals surface area contributed by atoms with Crippen LogP contribution in [-0.2, 0) is 9.59 Å². The zero-order valence-electron chi connectivity index (χ0n) is 16.1. The van der Waals surface area contributed by atoms with Crippen molar-refractivity contribution in [2.24, 2.45) is 0 Å². The van der Waals surface area contributed by atoms with E-state index in [0.717, 1.165) is 24.2 Å². The molecule has 0 aromatic heterocycles. The van der Waals surface area contributed by atoms with Gasteiger partial charge in [0, 0.05) is 24.3 Å². The van der Waals surface area contributed by atoms with Crippen LogP contribution in [-0.4, -0.2) is 24.5 Å². The largest absolute Gasteiger partial charge is 0.481 e. The molecule has 0 saturated carbocycles. The van der Waals surface area contributed by atoms with Crippen molar-refractivity contribution in [3.8, 4) is 5.75 Å². The molecule has 1 heterocycles. The van der Waals surface area contributed by atoms with E-state index in [0.29, 0.717) is 24.3 Å². The fourth-order valence-electron chi connectivity index (χ4n) is 3.14. The minimum absolute atomic E-state index is 0.152. The second kappa shape index (κ2) is 8.25. The predicted molar refractivity (Wildman–Crippen MR) is 107 cm³/mol. The molecule has 0 radical (unpaired) electrons. The van der Waals surface area contributed by atoms with Crippen LogP contribution < -0.4 is 15.0 Å². The Labute approximate surface area is 160 Å². The molecule has 0 bridgehead atoms. The molecule has 5 nitrogen and oxygen atoms in total. The molecule has 1 saturated heterocycles. The highest BCUT2D eigenvalue weighted by Crippen LogP contribution is 2.24. The number of anilines is 2. The quantitative estimate of drug-likeness (QED) is 0.832. The topological polar surface area (TPSA) is 58.6 Å². The summed E-state index contributed by atoms with van der Waals surface area (Å²) in [6, 6.07) is 13.2. The Balaban J connectivity index is 1.63. The van der Waals surface area contributed by atoms with Gasteiger partial charge in [-0.3, -0.25) is 9.59 Å². The van der Waals surface area contributed by atoms with E-state index in [-0.39, 0.29) is 11.8 Å². The van der Waals surface area contributed by atoms with Crippen molar-refractivity contribution in [3.05, 3.63) is 53.6 Å². The van der Waals surface area contributed by atoms with Gasteiger partial charge in [-0.2, -0.15) is 0 Å². The number of ether oxygens (including phenoxy) is 1. The molecule has 2 aromatic carbocycles. The van der Waals surface area contributed by atoms with E-state index in [1.54, 1.807) is 4.90 Å². The number of aryl methyl sites for hydroxylation is 2. The smallest absolute Gasteiger partial charge is 0.265 e. The van der Waals surface area contributed by atoms with E-state index in [1.807, 2.05) is 63.2 Å². The molecular weight excluding hydrogens is 340 g/mol. The van der Waals surface area contributed by atoms with Crippen molar-refractivity contribution in [1.82, 2.24) is 0 Å². The zero-order chi connectivity index (χ0) is 19.4. The lowest BCUT2D eigenvalue weighted by atomic mass is 10.1. The first-order valence-electron chi connectivity index (χ1n) is 9.43. The molecule has 0 aliphatic carbocycles. The lowest BCUT2D eigenvalue weighted by Gasteiger charge is -2.19. The number of carbonyl (C=O) groups is 2. The van der Waals surface area contributed by atoms with Crippen molar-refractivity contribution in [3.63, 3.8) is 0 Å². The molecule has 3 rings (SSSR count). The Bertz CT molecular complexity index is 830. The minimum Gasteiger partial charge on any atom is -0.481 e. The zero-order valence-corrected chi connectivity index (χ0v) is 16.1. The fourth-order valence-corrected chi connectivity index (χ4v) is 3.14. The lowest BCUT2D eigenvalue weighted by molar-refractivity contribution is -0.122. The minimum atomic E-state index is -0.563. The normalized spacial score (nSPS) is 14.9. The Kier molecular flexibility index (Phi) is 5.79. The lowest BCUT2D eigenvalue weighted by Crippen LogP contribution is -2.32. The summed E-state index contributed by atoms with van der Waals surface area (Å²) in [5.74, 6) is 0.670. The van der Waals surface area contributed by atoms with Gasteiger partial charge in [-0.05, 0) is 74.2 Å². The fraction of sp³-hybridized carbons (Fsp3) is 0.364. The summed E-state index contributed by atoms with van der Waals surface area (Å²) in [6.07, 6.45) is 1.50. The number of nitrogens with zero attached hydrogens (tertiary/aromatic N) is 1. The maximum atomic E-state index is 12.6. The van der Waals surface area contributed by atoms with Gasteiger partial charge in [0.05, 0.1) is 0 Å². The predicted octanol–water partition coefficient (Wildman–Crippen LogP) is 4.23. The molecule has 2 amide bonds. The van der Waals surface area contributed by atoms with Gasteiger partial charge >= 0.3 is 0 Å². The van der Waals surface area contributed by atoms with Crippen LogP contribution in [0.3, 0.4) is 0 Å². The second-order valence-electron chi connectivity index (χ2n) is 6.95. The van der Waals surface area contributed by atoms with Gasteiger partial charge in [-0.15, -0.1) is 0 Å². The third-order valence-corrected chi connectivity index (χ3v) is 4.94. The summed E-state index contributed by atoms with van der Waals surface area (Å²) in [5, 5.41) is 2.90. The van der Waals surface area contributed by atoms with Crippen LogP contribution >= 0.6 is 0 Å². The Morgan fingerprint density at radius 3 is 2.48 bits per heavy atom. The average molecular weight is 366 g/mol. The van der Waals surface area contributed by atoms with Crippen LogP contribution in [0.15, 0.2) is 42.5 Å². The van der Waals surface area contributed by atoms with Crippen molar-refractivity contribution in [2.75, 3.05) is 16.8 Å². The summed E-state index contributed by atoms with van der Waals surface area (Å²) >= 11 is 0. The van der Waals surface area contributed by atoms with Crippen LogP contribution in [0.25, 0.3) is 0 Å².